The third-order valence-electron chi connectivity index (χ3n) is 2.63. The summed E-state index contributed by atoms with van der Waals surface area (Å²) in [4.78, 5) is 12.3. The molecule has 0 bridgehead atoms. The summed E-state index contributed by atoms with van der Waals surface area (Å²) >= 11 is 1.26. The number of carbonyl (C=O) groups is 1. The molecule has 2 rings (SSSR count). The van der Waals surface area contributed by atoms with Crippen LogP contribution < -0.4 is 15.8 Å². The minimum absolute atomic E-state index is 0.281. The van der Waals surface area contributed by atoms with Crippen LogP contribution in [-0.2, 0) is 5.54 Å². The lowest BCUT2D eigenvalue weighted by Gasteiger charge is -2.12. The first-order valence-corrected chi connectivity index (χ1v) is 7.39. The highest BCUT2D eigenvalue weighted by molar-refractivity contribution is 7.15. The zero-order valence-corrected chi connectivity index (χ0v) is 13.0. The standard InChI is InChI=1S/C14H18N4O2S/c1-4-20-10-8-6-5-7-9(10)11(19)16-13-18-17-12(21-13)14(2,3)15/h5-8H,4,15H2,1-3H3,(H,16,18,19). The van der Waals surface area contributed by atoms with Crippen LogP contribution in [0.25, 0.3) is 0 Å². The lowest BCUT2D eigenvalue weighted by atomic mass is 10.1. The topological polar surface area (TPSA) is 90.1 Å². The molecule has 0 radical (unpaired) electrons. The van der Waals surface area contributed by atoms with Crippen LogP contribution in [0.15, 0.2) is 24.3 Å². The molecule has 112 valence electrons. The van der Waals surface area contributed by atoms with Gasteiger partial charge in [0.05, 0.1) is 17.7 Å². The highest BCUT2D eigenvalue weighted by Crippen LogP contribution is 2.25. The molecule has 2 aromatic rings. The molecule has 0 fully saturated rings. The molecule has 3 N–H and O–H groups in total. The van der Waals surface area contributed by atoms with Gasteiger partial charge in [0.2, 0.25) is 5.13 Å². The zero-order valence-electron chi connectivity index (χ0n) is 12.2. The maximum Gasteiger partial charge on any atom is 0.261 e. The third-order valence-corrected chi connectivity index (χ3v) is 3.81. The summed E-state index contributed by atoms with van der Waals surface area (Å²) in [5.41, 5.74) is 5.83. The van der Waals surface area contributed by atoms with Gasteiger partial charge in [-0.15, -0.1) is 10.2 Å². The van der Waals surface area contributed by atoms with Gasteiger partial charge in [0, 0.05) is 0 Å². The number of carbonyl (C=O) groups excluding carboxylic acids is 1. The Balaban J connectivity index is 2.17. The molecule has 0 aliphatic rings. The van der Waals surface area contributed by atoms with Crippen molar-refractivity contribution in [3.8, 4) is 5.75 Å². The smallest absolute Gasteiger partial charge is 0.261 e. The number of hydrogen-bond donors (Lipinski definition) is 2. The van der Waals surface area contributed by atoms with Crippen molar-refractivity contribution in [1.82, 2.24) is 10.2 Å². The van der Waals surface area contributed by atoms with Crippen molar-refractivity contribution in [2.75, 3.05) is 11.9 Å². The second-order valence-electron chi connectivity index (χ2n) is 5.02. The fourth-order valence-electron chi connectivity index (χ4n) is 1.63. The quantitative estimate of drug-likeness (QED) is 0.885. The van der Waals surface area contributed by atoms with E-state index in [1.165, 1.54) is 11.3 Å². The lowest BCUT2D eigenvalue weighted by molar-refractivity contribution is 0.102. The van der Waals surface area contributed by atoms with E-state index < -0.39 is 5.54 Å². The Morgan fingerprint density at radius 1 is 1.38 bits per heavy atom. The van der Waals surface area contributed by atoms with Gasteiger partial charge in [-0.05, 0) is 32.9 Å². The van der Waals surface area contributed by atoms with Gasteiger partial charge in [-0.3, -0.25) is 10.1 Å². The van der Waals surface area contributed by atoms with Crippen molar-refractivity contribution < 1.29 is 9.53 Å². The molecular formula is C14H18N4O2S. The number of hydrogen-bond acceptors (Lipinski definition) is 6. The van der Waals surface area contributed by atoms with Crippen LogP contribution in [0, 0.1) is 0 Å². The Hall–Kier alpha value is -1.99. The second kappa shape index (κ2) is 6.19. The van der Waals surface area contributed by atoms with E-state index in [1.54, 1.807) is 18.2 Å². The Kier molecular flexibility index (Phi) is 4.54. The van der Waals surface area contributed by atoms with Gasteiger partial charge in [-0.25, -0.2) is 0 Å². The van der Waals surface area contributed by atoms with Gasteiger partial charge in [0.15, 0.2) is 0 Å². The highest BCUT2D eigenvalue weighted by atomic mass is 32.1. The van der Waals surface area contributed by atoms with E-state index in [0.29, 0.717) is 28.1 Å². The van der Waals surface area contributed by atoms with Gasteiger partial charge >= 0.3 is 0 Å². The maximum atomic E-state index is 12.3. The molecule has 0 spiro atoms. The number of aromatic nitrogens is 2. The molecule has 0 aliphatic heterocycles. The maximum absolute atomic E-state index is 12.3. The fourth-order valence-corrected chi connectivity index (χ4v) is 2.39. The van der Waals surface area contributed by atoms with E-state index in [9.17, 15) is 4.79 Å². The predicted molar refractivity (Wildman–Crippen MR) is 82.7 cm³/mol. The summed E-state index contributed by atoms with van der Waals surface area (Å²) in [7, 11) is 0. The Morgan fingerprint density at radius 2 is 2.10 bits per heavy atom. The Morgan fingerprint density at radius 3 is 2.71 bits per heavy atom. The number of para-hydroxylation sites is 1. The molecule has 0 aliphatic carbocycles. The minimum Gasteiger partial charge on any atom is -0.493 e. The monoisotopic (exact) mass is 306 g/mol. The van der Waals surface area contributed by atoms with Crippen LogP contribution in [0.4, 0.5) is 5.13 Å². The predicted octanol–water partition coefficient (Wildman–Crippen LogP) is 2.38. The van der Waals surface area contributed by atoms with E-state index >= 15 is 0 Å². The summed E-state index contributed by atoms with van der Waals surface area (Å²) in [5.74, 6) is 0.262. The average molecular weight is 306 g/mol. The summed E-state index contributed by atoms with van der Waals surface area (Å²) in [6, 6.07) is 7.07. The molecule has 7 heteroatoms. The first kappa shape index (κ1) is 15.4. The molecule has 1 aromatic heterocycles. The van der Waals surface area contributed by atoms with E-state index in [2.05, 4.69) is 15.5 Å². The molecule has 0 saturated carbocycles. The van der Waals surface area contributed by atoms with E-state index in [4.69, 9.17) is 10.5 Å². The van der Waals surface area contributed by atoms with Crippen LogP contribution in [0.5, 0.6) is 5.75 Å². The summed E-state index contributed by atoms with van der Waals surface area (Å²) in [5, 5.41) is 11.7. The van der Waals surface area contributed by atoms with Gasteiger partial charge in [0.1, 0.15) is 10.8 Å². The summed E-state index contributed by atoms with van der Waals surface area (Å²) in [6.45, 7) is 6.04. The SMILES string of the molecule is CCOc1ccccc1C(=O)Nc1nnc(C(C)(C)N)s1. The summed E-state index contributed by atoms with van der Waals surface area (Å²) in [6.07, 6.45) is 0. The largest absolute Gasteiger partial charge is 0.493 e. The van der Waals surface area contributed by atoms with Crippen molar-refractivity contribution >= 4 is 22.4 Å². The molecule has 0 atom stereocenters. The van der Waals surface area contributed by atoms with E-state index in [0.717, 1.165) is 0 Å². The molecule has 1 aromatic carbocycles. The van der Waals surface area contributed by atoms with Crippen molar-refractivity contribution in [2.24, 2.45) is 5.73 Å². The Labute approximate surface area is 127 Å². The van der Waals surface area contributed by atoms with Crippen LogP contribution in [0.1, 0.15) is 36.1 Å². The fraction of sp³-hybridized carbons (Fsp3) is 0.357. The molecule has 0 unspecified atom stereocenters. The molecule has 0 saturated heterocycles. The minimum atomic E-state index is -0.579. The highest BCUT2D eigenvalue weighted by Gasteiger charge is 2.21. The molecule has 1 amide bonds. The number of benzene rings is 1. The number of nitrogens with one attached hydrogen (secondary N) is 1. The number of nitrogens with zero attached hydrogens (tertiary/aromatic N) is 2. The van der Waals surface area contributed by atoms with E-state index in [1.807, 2.05) is 26.8 Å². The van der Waals surface area contributed by atoms with Crippen LogP contribution in [0.2, 0.25) is 0 Å². The lowest BCUT2D eigenvalue weighted by Crippen LogP contribution is -2.28. The molecular weight excluding hydrogens is 288 g/mol. The number of ether oxygens (including phenoxy) is 1. The number of rotatable bonds is 5. The number of anilines is 1. The van der Waals surface area contributed by atoms with Gasteiger partial charge in [-0.1, -0.05) is 23.5 Å². The van der Waals surface area contributed by atoms with Crippen molar-refractivity contribution in [3.63, 3.8) is 0 Å². The zero-order chi connectivity index (χ0) is 15.5. The Bertz CT molecular complexity index is 634. The number of amides is 1. The van der Waals surface area contributed by atoms with Crippen LogP contribution in [0.3, 0.4) is 0 Å². The van der Waals surface area contributed by atoms with Crippen molar-refractivity contribution in [1.29, 1.82) is 0 Å². The van der Waals surface area contributed by atoms with Crippen LogP contribution >= 0.6 is 11.3 Å². The van der Waals surface area contributed by atoms with Gasteiger partial charge in [0.25, 0.3) is 5.91 Å². The summed E-state index contributed by atoms with van der Waals surface area (Å²) < 4.78 is 5.44. The molecule has 1 heterocycles. The average Bonchev–Trinajstić information content (AvgIpc) is 2.88. The van der Waals surface area contributed by atoms with Crippen LogP contribution in [-0.4, -0.2) is 22.7 Å². The first-order chi connectivity index (χ1) is 9.91. The molecule has 21 heavy (non-hydrogen) atoms. The van der Waals surface area contributed by atoms with Gasteiger partial charge in [-0.2, -0.15) is 0 Å². The van der Waals surface area contributed by atoms with Crippen molar-refractivity contribution in [2.45, 2.75) is 26.3 Å². The molecule has 6 nitrogen and oxygen atoms in total. The number of nitrogens with two attached hydrogens (primary N) is 1. The second-order valence-corrected chi connectivity index (χ2v) is 5.99. The normalized spacial score (nSPS) is 11.2. The van der Waals surface area contributed by atoms with Crippen molar-refractivity contribution in [3.05, 3.63) is 34.8 Å². The third kappa shape index (κ3) is 3.77. The first-order valence-electron chi connectivity index (χ1n) is 6.58. The van der Waals surface area contributed by atoms with E-state index in [-0.39, 0.29) is 5.91 Å². The van der Waals surface area contributed by atoms with Gasteiger partial charge < -0.3 is 10.5 Å².